The van der Waals surface area contributed by atoms with Crippen molar-refractivity contribution in [3.63, 3.8) is 0 Å². The van der Waals surface area contributed by atoms with Crippen molar-refractivity contribution < 1.29 is 14.6 Å². The summed E-state index contributed by atoms with van der Waals surface area (Å²) >= 11 is 0. The summed E-state index contributed by atoms with van der Waals surface area (Å²) in [6, 6.07) is 0. The van der Waals surface area contributed by atoms with E-state index in [2.05, 4.69) is 0 Å². The molecule has 0 aliphatic carbocycles. The normalized spacial score (nSPS) is 32.6. The van der Waals surface area contributed by atoms with Crippen molar-refractivity contribution in [2.24, 2.45) is 5.73 Å². The molecule has 1 aliphatic rings. The van der Waals surface area contributed by atoms with Crippen LogP contribution in [0.4, 0.5) is 0 Å². The number of hydrogen-bond donors (Lipinski definition) is 2. The van der Waals surface area contributed by atoms with Crippen LogP contribution in [0, 0.1) is 0 Å². The van der Waals surface area contributed by atoms with Crippen LogP contribution in [-0.2, 0) is 9.47 Å². The molecule has 14 heavy (non-hydrogen) atoms. The summed E-state index contributed by atoms with van der Waals surface area (Å²) < 4.78 is 11.2. The van der Waals surface area contributed by atoms with Gasteiger partial charge in [0.1, 0.15) is 5.60 Å². The predicted octanol–water partition coefficient (Wildman–Crippen LogP) is 0.280. The first-order chi connectivity index (χ1) is 6.59. The van der Waals surface area contributed by atoms with Gasteiger partial charge in [0.15, 0.2) is 0 Å². The second-order valence-corrected chi connectivity index (χ2v) is 4.11. The molecular weight excluding hydrogens is 182 g/mol. The van der Waals surface area contributed by atoms with Crippen LogP contribution in [-0.4, -0.2) is 42.7 Å². The minimum Gasteiger partial charge on any atom is -0.391 e. The average Bonchev–Trinajstić information content (AvgIpc) is 2.19. The van der Waals surface area contributed by atoms with Crippen LogP contribution in [0.15, 0.2) is 0 Å². The number of ether oxygens (including phenoxy) is 2. The van der Waals surface area contributed by atoms with Gasteiger partial charge in [0, 0.05) is 13.2 Å². The van der Waals surface area contributed by atoms with Gasteiger partial charge < -0.3 is 20.3 Å². The van der Waals surface area contributed by atoms with Crippen LogP contribution in [0.5, 0.6) is 0 Å². The van der Waals surface area contributed by atoms with Crippen LogP contribution < -0.4 is 5.73 Å². The van der Waals surface area contributed by atoms with E-state index in [0.717, 1.165) is 19.4 Å². The molecule has 1 fully saturated rings. The molecule has 0 saturated carbocycles. The molecular formula is C10H21NO3. The molecule has 1 aliphatic heterocycles. The van der Waals surface area contributed by atoms with E-state index in [1.165, 1.54) is 0 Å². The molecule has 3 N–H and O–H groups in total. The topological polar surface area (TPSA) is 64.7 Å². The van der Waals surface area contributed by atoms with Gasteiger partial charge in [-0.05, 0) is 26.7 Å². The van der Waals surface area contributed by atoms with Gasteiger partial charge in [-0.15, -0.1) is 0 Å². The molecule has 1 rings (SSSR count). The second-order valence-electron chi connectivity index (χ2n) is 4.11. The lowest BCUT2D eigenvalue weighted by atomic mass is 9.96. The highest BCUT2D eigenvalue weighted by Gasteiger charge is 2.35. The Hall–Kier alpha value is -0.160. The minimum atomic E-state index is -0.472. The third kappa shape index (κ3) is 2.92. The Balaban J connectivity index is 2.51. The summed E-state index contributed by atoms with van der Waals surface area (Å²) in [4.78, 5) is 0. The molecule has 84 valence electrons. The fourth-order valence-electron chi connectivity index (χ4n) is 1.62. The molecule has 1 heterocycles. The summed E-state index contributed by atoms with van der Waals surface area (Å²) in [6.07, 6.45) is 1.23. The van der Waals surface area contributed by atoms with E-state index < -0.39 is 6.10 Å². The maximum atomic E-state index is 9.35. The fourth-order valence-corrected chi connectivity index (χ4v) is 1.62. The number of rotatable bonds is 4. The van der Waals surface area contributed by atoms with Crippen molar-refractivity contribution in [2.45, 2.75) is 44.5 Å². The summed E-state index contributed by atoms with van der Waals surface area (Å²) in [7, 11) is 0. The first-order valence-corrected chi connectivity index (χ1v) is 5.23. The first kappa shape index (κ1) is 11.9. The van der Waals surface area contributed by atoms with Gasteiger partial charge in [0.05, 0.1) is 18.8 Å². The van der Waals surface area contributed by atoms with Crippen LogP contribution in [0.1, 0.15) is 26.7 Å². The standard InChI is InChI=1S/C10H21NO3/c1-8(12)9(2)14-10(6-11)4-3-5-13-7-10/h8-9,12H,3-7,11H2,1-2H3. The van der Waals surface area contributed by atoms with Crippen LogP contribution >= 0.6 is 0 Å². The molecule has 3 atom stereocenters. The number of nitrogens with two attached hydrogens (primary N) is 1. The molecule has 4 heteroatoms. The van der Waals surface area contributed by atoms with E-state index in [-0.39, 0.29) is 11.7 Å². The lowest BCUT2D eigenvalue weighted by molar-refractivity contribution is -0.169. The lowest BCUT2D eigenvalue weighted by Crippen LogP contribution is -2.50. The quantitative estimate of drug-likeness (QED) is 0.689. The Morgan fingerprint density at radius 3 is 2.71 bits per heavy atom. The van der Waals surface area contributed by atoms with E-state index >= 15 is 0 Å². The third-order valence-corrected chi connectivity index (χ3v) is 2.77. The van der Waals surface area contributed by atoms with Crippen molar-refractivity contribution in [3.05, 3.63) is 0 Å². The third-order valence-electron chi connectivity index (χ3n) is 2.77. The van der Waals surface area contributed by atoms with Gasteiger partial charge in [-0.25, -0.2) is 0 Å². The molecule has 3 unspecified atom stereocenters. The molecule has 4 nitrogen and oxygen atoms in total. The number of aliphatic hydroxyl groups excluding tert-OH is 1. The highest BCUT2D eigenvalue weighted by Crippen LogP contribution is 2.24. The molecule has 0 aromatic carbocycles. The highest BCUT2D eigenvalue weighted by molar-refractivity contribution is 4.86. The molecule has 0 radical (unpaired) electrons. The van der Waals surface area contributed by atoms with E-state index in [1.807, 2.05) is 6.92 Å². The smallest absolute Gasteiger partial charge is 0.104 e. The molecule has 0 bridgehead atoms. The predicted molar refractivity (Wildman–Crippen MR) is 54.1 cm³/mol. The van der Waals surface area contributed by atoms with Gasteiger partial charge in [-0.1, -0.05) is 0 Å². The zero-order valence-electron chi connectivity index (χ0n) is 9.03. The van der Waals surface area contributed by atoms with Crippen molar-refractivity contribution >= 4 is 0 Å². The van der Waals surface area contributed by atoms with Crippen molar-refractivity contribution in [1.82, 2.24) is 0 Å². The zero-order valence-corrected chi connectivity index (χ0v) is 9.03. The maximum absolute atomic E-state index is 9.35. The Morgan fingerprint density at radius 2 is 2.29 bits per heavy atom. The molecule has 0 spiro atoms. The summed E-state index contributed by atoms with van der Waals surface area (Å²) in [5.41, 5.74) is 5.32. The average molecular weight is 203 g/mol. The molecule has 0 amide bonds. The monoisotopic (exact) mass is 203 g/mol. The van der Waals surface area contributed by atoms with Crippen LogP contribution in [0.2, 0.25) is 0 Å². The van der Waals surface area contributed by atoms with E-state index in [9.17, 15) is 5.11 Å². The number of hydrogen-bond acceptors (Lipinski definition) is 4. The molecule has 0 aromatic heterocycles. The molecule has 0 aromatic rings. The Kier molecular flexibility index (Phi) is 4.31. The molecule has 1 saturated heterocycles. The summed E-state index contributed by atoms with van der Waals surface area (Å²) in [6.45, 7) is 5.36. The first-order valence-electron chi connectivity index (χ1n) is 5.23. The Morgan fingerprint density at radius 1 is 1.57 bits per heavy atom. The van der Waals surface area contributed by atoms with E-state index in [4.69, 9.17) is 15.2 Å². The fraction of sp³-hybridized carbons (Fsp3) is 1.00. The minimum absolute atomic E-state index is 0.194. The Labute approximate surface area is 85.4 Å². The van der Waals surface area contributed by atoms with Crippen LogP contribution in [0.25, 0.3) is 0 Å². The van der Waals surface area contributed by atoms with Crippen molar-refractivity contribution in [1.29, 1.82) is 0 Å². The van der Waals surface area contributed by atoms with Gasteiger partial charge in [-0.2, -0.15) is 0 Å². The van der Waals surface area contributed by atoms with Crippen molar-refractivity contribution in [3.8, 4) is 0 Å². The second kappa shape index (κ2) is 5.07. The Bertz CT molecular complexity index is 167. The summed E-state index contributed by atoms with van der Waals surface area (Å²) in [5, 5.41) is 9.35. The SMILES string of the molecule is CC(O)C(C)OC1(CN)CCCOC1. The highest BCUT2D eigenvalue weighted by atomic mass is 16.6. The van der Waals surface area contributed by atoms with Gasteiger partial charge >= 0.3 is 0 Å². The van der Waals surface area contributed by atoms with Gasteiger partial charge in [0.2, 0.25) is 0 Å². The van der Waals surface area contributed by atoms with Gasteiger partial charge in [-0.3, -0.25) is 0 Å². The maximum Gasteiger partial charge on any atom is 0.104 e. The van der Waals surface area contributed by atoms with Crippen molar-refractivity contribution in [2.75, 3.05) is 19.8 Å². The lowest BCUT2D eigenvalue weighted by Gasteiger charge is -2.38. The zero-order chi connectivity index (χ0) is 10.6. The van der Waals surface area contributed by atoms with Crippen LogP contribution in [0.3, 0.4) is 0 Å². The van der Waals surface area contributed by atoms with E-state index in [1.54, 1.807) is 6.92 Å². The largest absolute Gasteiger partial charge is 0.391 e. The van der Waals surface area contributed by atoms with Gasteiger partial charge in [0.25, 0.3) is 0 Å². The van der Waals surface area contributed by atoms with E-state index in [0.29, 0.717) is 13.2 Å². The summed E-state index contributed by atoms with van der Waals surface area (Å²) in [5.74, 6) is 0. The number of aliphatic hydroxyl groups is 1.